The molecule has 0 unspecified atom stereocenters. The normalized spacial score (nSPS) is 20.7. The Balaban J connectivity index is 1.70. The molecule has 1 aromatic carbocycles. The molecule has 1 aliphatic carbocycles. The molecule has 0 aromatic heterocycles. The van der Waals surface area contributed by atoms with Crippen LogP contribution < -0.4 is 5.32 Å². The van der Waals surface area contributed by atoms with Crippen molar-refractivity contribution in [1.82, 2.24) is 4.90 Å². The van der Waals surface area contributed by atoms with Gasteiger partial charge in [-0.2, -0.15) is 0 Å². The highest BCUT2D eigenvalue weighted by Crippen LogP contribution is 2.37. The van der Waals surface area contributed by atoms with E-state index in [1.165, 1.54) is 17.0 Å². The minimum atomic E-state index is -0.406. The second-order valence-electron chi connectivity index (χ2n) is 6.42. The summed E-state index contributed by atoms with van der Waals surface area (Å²) >= 11 is 0. The highest BCUT2D eigenvalue weighted by Gasteiger charge is 2.40. The first-order chi connectivity index (χ1) is 11.0. The zero-order valence-corrected chi connectivity index (χ0v) is 13.6. The topological polar surface area (TPSA) is 50.8 Å². The molecule has 1 aromatic rings. The average molecular weight is 322 g/mol. The van der Waals surface area contributed by atoms with Crippen LogP contribution in [-0.2, 0) is 9.47 Å². The summed E-state index contributed by atoms with van der Waals surface area (Å²) < 4.78 is 25.0. The Labute approximate surface area is 135 Å². The van der Waals surface area contributed by atoms with E-state index in [1.54, 1.807) is 20.2 Å². The summed E-state index contributed by atoms with van der Waals surface area (Å²) in [5.74, 6) is -1.01. The maximum Gasteiger partial charge on any atom is 0.255 e. The van der Waals surface area contributed by atoms with Crippen LogP contribution in [-0.4, -0.2) is 49.9 Å². The number of nitrogens with one attached hydrogen (secondary N) is 1. The number of hydrogen-bond donors (Lipinski definition) is 1. The molecule has 1 N–H and O–H groups in total. The third-order valence-electron chi connectivity index (χ3n) is 4.54. The number of amides is 1. The summed E-state index contributed by atoms with van der Waals surface area (Å²) in [6.07, 6.45) is 3.46. The van der Waals surface area contributed by atoms with Crippen LogP contribution in [0, 0.1) is 5.82 Å². The molecular formula is C17H23FN2O3. The molecule has 23 heavy (non-hydrogen) atoms. The van der Waals surface area contributed by atoms with Gasteiger partial charge in [0.05, 0.1) is 18.8 Å². The lowest BCUT2D eigenvalue weighted by atomic mass is 9.89. The number of anilines is 1. The van der Waals surface area contributed by atoms with Crippen LogP contribution in [0.2, 0.25) is 0 Å². The average Bonchev–Trinajstić information content (AvgIpc) is 2.99. The van der Waals surface area contributed by atoms with E-state index in [0.717, 1.165) is 25.7 Å². The molecule has 126 valence electrons. The maximum absolute atomic E-state index is 13.5. The van der Waals surface area contributed by atoms with Gasteiger partial charge in [0.15, 0.2) is 5.79 Å². The zero-order valence-electron chi connectivity index (χ0n) is 13.6. The molecule has 2 fully saturated rings. The Bertz CT molecular complexity index is 575. The fourth-order valence-corrected chi connectivity index (χ4v) is 3.27. The molecule has 1 amide bonds. The predicted molar refractivity (Wildman–Crippen MR) is 84.9 cm³/mol. The molecule has 6 heteroatoms. The van der Waals surface area contributed by atoms with Crippen LogP contribution in [0.15, 0.2) is 18.2 Å². The van der Waals surface area contributed by atoms with E-state index in [4.69, 9.17) is 9.47 Å². The van der Waals surface area contributed by atoms with Crippen molar-refractivity contribution >= 4 is 11.6 Å². The number of nitrogens with zero attached hydrogens (tertiary/aromatic N) is 1. The van der Waals surface area contributed by atoms with Crippen molar-refractivity contribution in [2.45, 2.75) is 37.5 Å². The van der Waals surface area contributed by atoms with Gasteiger partial charge in [-0.3, -0.25) is 4.79 Å². The molecule has 0 radical (unpaired) electrons. The minimum absolute atomic E-state index is 0.207. The van der Waals surface area contributed by atoms with Crippen LogP contribution >= 0.6 is 0 Å². The molecule has 1 heterocycles. The lowest BCUT2D eigenvalue weighted by Gasteiger charge is -2.36. The fourth-order valence-electron chi connectivity index (χ4n) is 3.27. The Morgan fingerprint density at radius 1 is 1.26 bits per heavy atom. The molecule has 1 aliphatic heterocycles. The maximum atomic E-state index is 13.5. The van der Waals surface area contributed by atoms with E-state index in [1.807, 2.05) is 0 Å². The Hall–Kier alpha value is -1.66. The lowest BCUT2D eigenvalue weighted by Crippen LogP contribution is -2.39. The van der Waals surface area contributed by atoms with E-state index >= 15 is 0 Å². The van der Waals surface area contributed by atoms with E-state index in [-0.39, 0.29) is 11.9 Å². The van der Waals surface area contributed by atoms with Gasteiger partial charge >= 0.3 is 0 Å². The smallest absolute Gasteiger partial charge is 0.255 e. The number of carbonyl (C=O) groups is 1. The van der Waals surface area contributed by atoms with Crippen molar-refractivity contribution in [2.24, 2.45) is 0 Å². The number of ether oxygens (including phenoxy) is 2. The third-order valence-corrected chi connectivity index (χ3v) is 4.54. The zero-order chi connectivity index (χ0) is 16.4. The second kappa shape index (κ2) is 6.45. The van der Waals surface area contributed by atoms with Crippen LogP contribution in [0.25, 0.3) is 0 Å². The standard InChI is InChI=1S/C17H23FN2O3/c1-20(2)16(21)14-11-12(18)3-4-15(14)19-13-5-7-17(8-6-13)22-9-10-23-17/h3-4,11,13,19H,5-10H2,1-2H3. The van der Waals surface area contributed by atoms with Gasteiger partial charge in [-0.15, -0.1) is 0 Å². The van der Waals surface area contributed by atoms with E-state index in [0.29, 0.717) is 24.5 Å². The van der Waals surface area contributed by atoms with Gasteiger partial charge in [0.25, 0.3) is 5.91 Å². The molecule has 0 atom stereocenters. The van der Waals surface area contributed by atoms with E-state index in [2.05, 4.69) is 5.32 Å². The molecule has 0 bridgehead atoms. The number of hydrogen-bond acceptors (Lipinski definition) is 4. The van der Waals surface area contributed by atoms with Gasteiger partial charge in [-0.05, 0) is 31.0 Å². The predicted octanol–water partition coefficient (Wildman–Crippen LogP) is 2.63. The molecule has 1 saturated carbocycles. The Morgan fingerprint density at radius 3 is 2.52 bits per heavy atom. The van der Waals surface area contributed by atoms with Gasteiger partial charge in [0.1, 0.15) is 5.82 Å². The summed E-state index contributed by atoms with van der Waals surface area (Å²) in [5.41, 5.74) is 1.04. The van der Waals surface area contributed by atoms with E-state index < -0.39 is 11.6 Å². The van der Waals surface area contributed by atoms with Crippen LogP contribution in [0.5, 0.6) is 0 Å². The summed E-state index contributed by atoms with van der Waals surface area (Å²) in [4.78, 5) is 13.7. The second-order valence-corrected chi connectivity index (χ2v) is 6.42. The van der Waals surface area contributed by atoms with E-state index in [9.17, 15) is 9.18 Å². The molecule has 2 aliphatic rings. The van der Waals surface area contributed by atoms with Gasteiger partial charge in [-0.1, -0.05) is 0 Å². The van der Waals surface area contributed by atoms with Crippen molar-refractivity contribution in [3.63, 3.8) is 0 Å². The van der Waals surface area contributed by atoms with Crippen molar-refractivity contribution in [3.8, 4) is 0 Å². The van der Waals surface area contributed by atoms with Crippen LogP contribution in [0.3, 0.4) is 0 Å². The number of rotatable bonds is 3. The SMILES string of the molecule is CN(C)C(=O)c1cc(F)ccc1NC1CCC2(CC1)OCCO2. The summed E-state index contributed by atoms with van der Waals surface area (Å²) in [5, 5.41) is 3.39. The van der Waals surface area contributed by atoms with Gasteiger partial charge in [0.2, 0.25) is 0 Å². The van der Waals surface area contributed by atoms with Gasteiger partial charge < -0.3 is 19.7 Å². The van der Waals surface area contributed by atoms with Crippen LogP contribution in [0.4, 0.5) is 10.1 Å². The van der Waals surface area contributed by atoms with Crippen LogP contribution in [0.1, 0.15) is 36.0 Å². The Kier molecular flexibility index (Phi) is 4.55. The molecular weight excluding hydrogens is 299 g/mol. The minimum Gasteiger partial charge on any atom is -0.382 e. The van der Waals surface area contributed by atoms with Gasteiger partial charge in [0, 0.05) is 38.7 Å². The van der Waals surface area contributed by atoms with Crippen molar-refractivity contribution in [2.75, 3.05) is 32.6 Å². The molecule has 1 saturated heterocycles. The first-order valence-corrected chi connectivity index (χ1v) is 8.05. The molecule has 5 nitrogen and oxygen atoms in total. The third kappa shape index (κ3) is 3.48. The first kappa shape index (κ1) is 16.2. The number of halogens is 1. The highest BCUT2D eigenvalue weighted by atomic mass is 19.1. The van der Waals surface area contributed by atoms with Crippen molar-refractivity contribution in [3.05, 3.63) is 29.6 Å². The number of benzene rings is 1. The van der Waals surface area contributed by atoms with Gasteiger partial charge in [-0.25, -0.2) is 4.39 Å². The summed E-state index contributed by atoms with van der Waals surface area (Å²) in [7, 11) is 3.33. The quantitative estimate of drug-likeness (QED) is 0.929. The molecule has 3 rings (SSSR count). The first-order valence-electron chi connectivity index (χ1n) is 8.05. The summed E-state index contributed by atoms with van der Waals surface area (Å²) in [6.45, 7) is 1.33. The Morgan fingerprint density at radius 2 is 1.91 bits per heavy atom. The van der Waals surface area contributed by atoms with Crippen molar-refractivity contribution in [1.29, 1.82) is 0 Å². The monoisotopic (exact) mass is 322 g/mol. The highest BCUT2D eigenvalue weighted by molar-refractivity contribution is 5.99. The molecule has 1 spiro atoms. The fraction of sp³-hybridized carbons (Fsp3) is 0.588. The lowest BCUT2D eigenvalue weighted by molar-refractivity contribution is -0.177. The summed E-state index contributed by atoms with van der Waals surface area (Å²) in [6, 6.07) is 4.53. The number of carbonyl (C=O) groups excluding carboxylic acids is 1. The van der Waals surface area contributed by atoms with Crippen molar-refractivity contribution < 1.29 is 18.7 Å². The largest absolute Gasteiger partial charge is 0.382 e.